The molecular formula is C8H13NO2. The van der Waals surface area contributed by atoms with Gasteiger partial charge in [0.05, 0.1) is 0 Å². The predicted octanol–water partition coefficient (Wildman–Crippen LogP) is 0.769. The van der Waals surface area contributed by atoms with E-state index in [2.05, 4.69) is 5.32 Å². The SMILES string of the molecule is CC=C[C@]1(C(=O)O)CCCN1. The maximum atomic E-state index is 10.8. The van der Waals surface area contributed by atoms with Gasteiger partial charge in [-0.2, -0.15) is 0 Å². The predicted molar refractivity (Wildman–Crippen MR) is 42.4 cm³/mol. The molecule has 1 fully saturated rings. The van der Waals surface area contributed by atoms with Crippen LogP contribution in [0.3, 0.4) is 0 Å². The zero-order chi connectivity index (χ0) is 8.32. The van der Waals surface area contributed by atoms with Gasteiger partial charge in [0.2, 0.25) is 0 Å². The number of hydrogen-bond donors (Lipinski definition) is 2. The number of carboxylic acid groups (broad SMARTS) is 1. The van der Waals surface area contributed by atoms with Crippen LogP contribution in [0.1, 0.15) is 19.8 Å². The van der Waals surface area contributed by atoms with Crippen molar-refractivity contribution in [2.45, 2.75) is 25.3 Å². The van der Waals surface area contributed by atoms with Gasteiger partial charge in [0, 0.05) is 0 Å². The second-order valence-corrected chi connectivity index (χ2v) is 2.81. The maximum absolute atomic E-state index is 10.8. The first kappa shape index (κ1) is 8.27. The molecular weight excluding hydrogens is 142 g/mol. The van der Waals surface area contributed by atoms with Gasteiger partial charge in [0.15, 0.2) is 0 Å². The monoisotopic (exact) mass is 155 g/mol. The zero-order valence-electron chi connectivity index (χ0n) is 6.63. The number of allylic oxidation sites excluding steroid dienone is 1. The topological polar surface area (TPSA) is 49.3 Å². The molecule has 62 valence electrons. The minimum atomic E-state index is -0.770. The molecule has 0 aromatic carbocycles. The number of carboxylic acids is 1. The van der Waals surface area contributed by atoms with Crippen molar-refractivity contribution in [2.75, 3.05) is 6.54 Å². The Morgan fingerprint density at radius 2 is 2.45 bits per heavy atom. The fourth-order valence-electron chi connectivity index (χ4n) is 1.45. The summed E-state index contributed by atoms with van der Waals surface area (Å²) >= 11 is 0. The van der Waals surface area contributed by atoms with Gasteiger partial charge in [-0.05, 0) is 26.3 Å². The van der Waals surface area contributed by atoms with E-state index in [1.165, 1.54) is 0 Å². The van der Waals surface area contributed by atoms with Crippen LogP contribution in [0.5, 0.6) is 0 Å². The van der Waals surface area contributed by atoms with Crippen molar-refractivity contribution >= 4 is 5.97 Å². The Balaban J connectivity index is 2.78. The normalized spacial score (nSPS) is 31.4. The summed E-state index contributed by atoms with van der Waals surface area (Å²) in [5.41, 5.74) is -0.769. The molecule has 0 bridgehead atoms. The van der Waals surface area contributed by atoms with Crippen LogP contribution in [0.4, 0.5) is 0 Å². The molecule has 1 aliphatic rings. The fraction of sp³-hybridized carbons (Fsp3) is 0.625. The Labute approximate surface area is 66.1 Å². The summed E-state index contributed by atoms with van der Waals surface area (Å²) in [7, 11) is 0. The van der Waals surface area contributed by atoms with Gasteiger partial charge < -0.3 is 5.11 Å². The Kier molecular flexibility index (Phi) is 2.29. The highest BCUT2D eigenvalue weighted by atomic mass is 16.4. The van der Waals surface area contributed by atoms with Crippen LogP contribution in [-0.2, 0) is 4.79 Å². The van der Waals surface area contributed by atoms with E-state index in [9.17, 15) is 4.79 Å². The lowest BCUT2D eigenvalue weighted by molar-refractivity contribution is -0.142. The van der Waals surface area contributed by atoms with E-state index in [1.54, 1.807) is 12.2 Å². The Hall–Kier alpha value is -0.830. The van der Waals surface area contributed by atoms with E-state index in [0.29, 0.717) is 6.42 Å². The Morgan fingerprint density at radius 1 is 1.73 bits per heavy atom. The molecule has 2 N–H and O–H groups in total. The van der Waals surface area contributed by atoms with Crippen LogP contribution in [0.25, 0.3) is 0 Å². The summed E-state index contributed by atoms with van der Waals surface area (Å²) in [4.78, 5) is 10.8. The molecule has 0 aliphatic carbocycles. The second kappa shape index (κ2) is 3.05. The molecule has 0 radical (unpaired) electrons. The van der Waals surface area contributed by atoms with Crippen LogP contribution in [-0.4, -0.2) is 23.2 Å². The van der Waals surface area contributed by atoms with E-state index >= 15 is 0 Å². The van der Waals surface area contributed by atoms with Crippen LogP contribution >= 0.6 is 0 Å². The number of nitrogens with one attached hydrogen (secondary N) is 1. The highest BCUT2D eigenvalue weighted by Crippen LogP contribution is 2.20. The first-order valence-corrected chi connectivity index (χ1v) is 3.83. The lowest BCUT2D eigenvalue weighted by atomic mass is 9.97. The summed E-state index contributed by atoms with van der Waals surface area (Å²) < 4.78 is 0. The van der Waals surface area contributed by atoms with Gasteiger partial charge in [-0.15, -0.1) is 0 Å². The molecule has 1 rings (SSSR count). The molecule has 0 amide bonds. The van der Waals surface area contributed by atoms with Gasteiger partial charge in [0.1, 0.15) is 5.54 Å². The van der Waals surface area contributed by atoms with Gasteiger partial charge in [-0.1, -0.05) is 12.2 Å². The molecule has 0 aromatic rings. The quantitative estimate of drug-likeness (QED) is 0.579. The largest absolute Gasteiger partial charge is 0.480 e. The van der Waals surface area contributed by atoms with Crippen LogP contribution < -0.4 is 5.32 Å². The van der Waals surface area contributed by atoms with Gasteiger partial charge in [-0.3, -0.25) is 5.32 Å². The van der Waals surface area contributed by atoms with Crippen LogP contribution in [0.15, 0.2) is 12.2 Å². The zero-order valence-corrected chi connectivity index (χ0v) is 6.63. The smallest absolute Gasteiger partial charge is 0.327 e. The fourth-order valence-corrected chi connectivity index (χ4v) is 1.45. The van der Waals surface area contributed by atoms with Gasteiger partial charge in [-0.25, -0.2) is 4.79 Å². The number of aliphatic carboxylic acids is 1. The van der Waals surface area contributed by atoms with Crippen LogP contribution in [0, 0.1) is 0 Å². The molecule has 3 nitrogen and oxygen atoms in total. The number of carbonyl (C=O) groups is 1. The lowest BCUT2D eigenvalue weighted by Gasteiger charge is -2.19. The first-order valence-electron chi connectivity index (χ1n) is 3.83. The minimum Gasteiger partial charge on any atom is -0.480 e. The summed E-state index contributed by atoms with van der Waals surface area (Å²) in [6.45, 7) is 2.64. The summed E-state index contributed by atoms with van der Waals surface area (Å²) in [6.07, 6.45) is 5.15. The van der Waals surface area contributed by atoms with E-state index in [4.69, 9.17) is 5.11 Å². The number of rotatable bonds is 2. The average Bonchev–Trinajstić information content (AvgIpc) is 2.38. The van der Waals surface area contributed by atoms with Gasteiger partial charge >= 0.3 is 5.97 Å². The standard InChI is InChI=1S/C8H13NO2/c1-2-4-8(7(10)11)5-3-6-9-8/h2,4,9H,3,5-6H2,1H3,(H,10,11)/t8-/m1/s1. The summed E-state index contributed by atoms with van der Waals surface area (Å²) in [6, 6.07) is 0. The third kappa shape index (κ3) is 1.43. The van der Waals surface area contributed by atoms with Gasteiger partial charge in [0.25, 0.3) is 0 Å². The van der Waals surface area contributed by atoms with E-state index in [-0.39, 0.29) is 0 Å². The van der Waals surface area contributed by atoms with Crippen molar-refractivity contribution < 1.29 is 9.90 Å². The first-order chi connectivity index (χ1) is 5.21. The molecule has 1 saturated heterocycles. The van der Waals surface area contributed by atoms with Crippen molar-refractivity contribution in [2.24, 2.45) is 0 Å². The maximum Gasteiger partial charge on any atom is 0.327 e. The van der Waals surface area contributed by atoms with Crippen molar-refractivity contribution in [3.63, 3.8) is 0 Å². The van der Waals surface area contributed by atoms with Crippen molar-refractivity contribution in [3.8, 4) is 0 Å². The molecule has 0 unspecified atom stereocenters. The van der Waals surface area contributed by atoms with Crippen molar-refractivity contribution in [1.82, 2.24) is 5.32 Å². The Bertz CT molecular complexity index is 181. The molecule has 1 aliphatic heterocycles. The molecule has 3 heteroatoms. The highest BCUT2D eigenvalue weighted by molar-refractivity contribution is 5.81. The molecule has 0 spiro atoms. The second-order valence-electron chi connectivity index (χ2n) is 2.81. The summed E-state index contributed by atoms with van der Waals surface area (Å²) in [5, 5.41) is 11.9. The molecule has 1 atom stereocenters. The summed E-state index contributed by atoms with van der Waals surface area (Å²) in [5.74, 6) is -0.770. The molecule has 1 heterocycles. The molecule has 0 saturated carbocycles. The third-order valence-electron chi connectivity index (χ3n) is 2.02. The average molecular weight is 155 g/mol. The van der Waals surface area contributed by atoms with Crippen molar-refractivity contribution in [3.05, 3.63) is 12.2 Å². The van der Waals surface area contributed by atoms with Crippen LogP contribution in [0.2, 0.25) is 0 Å². The third-order valence-corrected chi connectivity index (χ3v) is 2.02. The van der Waals surface area contributed by atoms with Crippen molar-refractivity contribution in [1.29, 1.82) is 0 Å². The number of hydrogen-bond acceptors (Lipinski definition) is 2. The van der Waals surface area contributed by atoms with E-state index in [0.717, 1.165) is 13.0 Å². The Morgan fingerprint density at radius 3 is 2.82 bits per heavy atom. The lowest BCUT2D eigenvalue weighted by Crippen LogP contribution is -2.45. The molecule has 0 aromatic heterocycles. The van der Waals surface area contributed by atoms with E-state index < -0.39 is 11.5 Å². The minimum absolute atomic E-state index is 0.701. The molecule has 11 heavy (non-hydrogen) atoms. The van der Waals surface area contributed by atoms with E-state index in [1.807, 2.05) is 6.92 Å². The highest BCUT2D eigenvalue weighted by Gasteiger charge is 2.37.